The molecule has 3 N–H and O–H groups in total. The molecule has 10 nitrogen and oxygen atoms in total. The number of oxime groups is 1. The van der Waals surface area contributed by atoms with Crippen molar-refractivity contribution in [2.75, 3.05) is 38.2 Å². The van der Waals surface area contributed by atoms with Crippen LogP contribution in [0.1, 0.15) is 17.5 Å². The van der Waals surface area contributed by atoms with Crippen LogP contribution in [-0.2, 0) is 9.57 Å². The van der Waals surface area contributed by atoms with Gasteiger partial charge in [0, 0.05) is 36.9 Å². The minimum atomic E-state index is -0.736. The van der Waals surface area contributed by atoms with E-state index in [9.17, 15) is 0 Å². The Balaban J connectivity index is 1.23. The monoisotopic (exact) mass is 577 g/mol. The van der Waals surface area contributed by atoms with Gasteiger partial charge < -0.3 is 25.4 Å². The first-order valence-electron chi connectivity index (χ1n) is 13.1. The largest absolute Gasteiger partial charge is 0.472 e. The Bertz CT molecular complexity index is 1470. The Kier molecular flexibility index (Phi) is 8.94. The maximum Gasteiger partial charge on any atom is 0.256 e. The fraction of sp³-hybridized carbons (Fsp3) is 0.310. The quantitative estimate of drug-likeness (QED) is 0.164. The molecule has 0 bridgehead atoms. The number of likely N-dealkylation sites (tertiary alicyclic amines) is 1. The highest BCUT2D eigenvalue weighted by Crippen LogP contribution is 2.35. The van der Waals surface area contributed by atoms with Crippen molar-refractivity contribution in [3.63, 3.8) is 0 Å². The number of halogens is 2. The molecule has 2 aliphatic heterocycles. The zero-order chi connectivity index (χ0) is 28.8. The molecule has 0 spiro atoms. The van der Waals surface area contributed by atoms with E-state index in [2.05, 4.69) is 31.9 Å². The number of fused-ring (bicyclic) bond motifs is 1. The number of nitrogens with two attached hydrogens (primary N) is 1. The Morgan fingerprint density at radius 3 is 2.88 bits per heavy atom. The molecule has 41 heavy (non-hydrogen) atoms. The van der Waals surface area contributed by atoms with Gasteiger partial charge in [-0.05, 0) is 18.2 Å². The Labute approximate surface area is 242 Å². The number of nitriles is 1. The van der Waals surface area contributed by atoms with E-state index in [4.69, 9.17) is 36.9 Å². The number of benzene rings is 2. The number of rotatable bonds is 9. The average molecular weight is 578 g/mol. The third-order valence-electron chi connectivity index (χ3n) is 7.04. The summed E-state index contributed by atoms with van der Waals surface area (Å²) in [5.41, 5.74) is 7.57. The van der Waals surface area contributed by atoms with Gasteiger partial charge in [-0.15, -0.1) is 0 Å². The summed E-state index contributed by atoms with van der Waals surface area (Å²) in [7, 11) is 0. The molecule has 12 heteroatoms. The van der Waals surface area contributed by atoms with Gasteiger partial charge in [-0.2, -0.15) is 14.6 Å². The second kappa shape index (κ2) is 13.0. The van der Waals surface area contributed by atoms with Crippen LogP contribution in [-0.4, -0.2) is 59.7 Å². The number of amidine groups is 1. The maximum atomic E-state index is 15.5. The van der Waals surface area contributed by atoms with E-state index in [1.165, 1.54) is 12.4 Å². The van der Waals surface area contributed by atoms with E-state index in [1.807, 2.05) is 36.4 Å². The second-order valence-electron chi connectivity index (χ2n) is 9.88. The number of nitrogens with zero attached hydrogens (tertiary/aromatic N) is 5. The van der Waals surface area contributed by atoms with Crippen molar-refractivity contribution >= 4 is 28.9 Å². The summed E-state index contributed by atoms with van der Waals surface area (Å²) in [5, 5.41) is 16.2. The van der Waals surface area contributed by atoms with E-state index in [0.717, 1.165) is 12.1 Å². The first-order valence-corrected chi connectivity index (χ1v) is 13.5. The first kappa shape index (κ1) is 28.3. The molecular weight excluding hydrogens is 549 g/mol. The lowest BCUT2D eigenvalue weighted by Gasteiger charge is -2.25. The zero-order valence-corrected chi connectivity index (χ0v) is 22.9. The number of ether oxygens (including phenoxy) is 2. The van der Waals surface area contributed by atoms with Gasteiger partial charge in [0.1, 0.15) is 18.2 Å². The van der Waals surface area contributed by atoms with Crippen LogP contribution in [0, 0.1) is 29.0 Å². The smallest absolute Gasteiger partial charge is 0.256 e. The molecule has 2 aromatic carbocycles. The summed E-state index contributed by atoms with van der Waals surface area (Å²) in [6, 6.07) is 16.0. The Morgan fingerprint density at radius 2 is 2.10 bits per heavy atom. The van der Waals surface area contributed by atoms with E-state index >= 15 is 4.39 Å². The fourth-order valence-electron chi connectivity index (χ4n) is 5.04. The van der Waals surface area contributed by atoms with Gasteiger partial charge in [0.25, 0.3) is 5.88 Å². The summed E-state index contributed by atoms with van der Waals surface area (Å²) in [6.45, 7) is 6.93. The van der Waals surface area contributed by atoms with E-state index in [0.29, 0.717) is 49.7 Å². The van der Waals surface area contributed by atoms with Crippen LogP contribution >= 0.6 is 11.6 Å². The summed E-state index contributed by atoms with van der Waals surface area (Å²) < 4.78 is 27.5. The third kappa shape index (κ3) is 6.92. The molecule has 3 atom stereocenters. The standard InChI is InChI=1S/C29H29ClFN7O3/c1-18(41-37-27(33)20-5-3-2-4-6-20)13-38-14-21-16-39-10-9-25(22(21)15-38)40-29-26(31)28(34-17-35-29)36-24-8-7-19(12-32)11-23(24)30/h2-8,11,17,21-22,25H,1,9-10,13-16H2,(H2,33,37)(H,34,35,36)/t21?,22?,25-/m0/s1. The number of hydrogen-bond acceptors (Lipinski definition) is 9. The van der Waals surface area contributed by atoms with Gasteiger partial charge in [0.2, 0.25) is 5.82 Å². The van der Waals surface area contributed by atoms with Crippen LogP contribution in [0.4, 0.5) is 15.9 Å². The lowest BCUT2D eigenvalue weighted by Crippen LogP contribution is -2.33. The molecule has 0 aliphatic carbocycles. The molecular formula is C29H29ClFN7O3. The van der Waals surface area contributed by atoms with Crippen LogP contribution < -0.4 is 15.8 Å². The number of aromatic nitrogens is 2. The second-order valence-corrected chi connectivity index (χ2v) is 10.3. The van der Waals surface area contributed by atoms with Crippen molar-refractivity contribution in [1.29, 1.82) is 5.26 Å². The van der Waals surface area contributed by atoms with Crippen LogP contribution in [0.25, 0.3) is 0 Å². The van der Waals surface area contributed by atoms with Crippen molar-refractivity contribution in [2.45, 2.75) is 12.5 Å². The molecule has 2 unspecified atom stereocenters. The highest BCUT2D eigenvalue weighted by Gasteiger charge is 2.41. The van der Waals surface area contributed by atoms with Crippen molar-refractivity contribution in [2.24, 2.45) is 22.7 Å². The van der Waals surface area contributed by atoms with Crippen molar-refractivity contribution < 1.29 is 18.7 Å². The lowest BCUT2D eigenvalue weighted by molar-refractivity contribution is 0.0995. The molecule has 0 saturated carbocycles. The molecule has 0 amide bonds. The average Bonchev–Trinajstić information content (AvgIpc) is 3.29. The zero-order valence-electron chi connectivity index (χ0n) is 22.2. The van der Waals surface area contributed by atoms with Crippen molar-refractivity contribution in [1.82, 2.24) is 14.9 Å². The Morgan fingerprint density at radius 1 is 1.27 bits per heavy atom. The van der Waals surface area contributed by atoms with Gasteiger partial charge in [0.05, 0.1) is 42.1 Å². The summed E-state index contributed by atoms with van der Waals surface area (Å²) in [6.07, 6.45) is 1.48. The van der Waals surface area contributed by atoms with E-state index < -0.39 is 5.82 Å². The van der Waals surface area contributed by atoms with Crippen LogP contribution in [0.15, 0.2) is 72.4 Å². The number of hydrogen-bond donors (Lipinski definition) is 2. The predicted molar refractivity (Wildman–Crippen MR) is 152 cm³/mol. The highest BCUT2D eigenvalue weighted by atomic mass is 35.5. The normalized spacial score (nSPS) is 20.9. The summed E-state index contributed by atoms with van der Waals surface area (Å²) >= 11 is 6.24. The molecule has 2 fully saturated rings. The van der Waals surface area contributed by atoms with Crippen LogP contribution in [0.5, 0.6) is 5.88 Å². The molecule has 2 saturated heterocycles. The first-order chi connectivity index (χ1) is 19.9. The van der Waals surface area contributed by atoms with Crippen LogP contribution in [0.3, 0.4) is 0 Å². The van der Waals surface area contributed by atoms with Gasteiger partial charge in [-0.3, -0.25) is 4.90 Å². The van der Waals surface area contributed by atoms with Gasteiger partial charge in [-0.1, -0.05) is 53.7 Å². The number of nitrogens with one attached hydrogen (secondary N) is 1. The topological polar surface area (TPSA) is 131 Å². The van der Waals surface area contributed by atoms with Crippen molar-refractivity contribution in [3.8, 4) is 11.9 Å². The number of anilines is 2. The lowest BCUT2D eigenvalue weighted by atomic mass is 9.90. The molecule has 3 heterocycles. The van der Waals surface area contributed by atoms with Gasteiger partial charge in [-0.25, -0.2) is 4.98 Å². The minimum Gasteiger partial charge on any atom is -0.472 e. The summed E-state index contributed by atoms with van der Waals surface area (Å²) in [5.74, 6) is -0.00922. The van der Waals surface area contributed by atoms with E-state index in [1.54, 1.807) is 12.1 Å². The summed E-state index contributed by atoms with van der Waals surface area (Å²) in [4.78, 5) is 15.7. The minimum absolute atomic E-state index is 0.0712. The maximum absolute atomic E-state index is 15.5. The van der Waals surface area contributed by atoms with Gasteiger partial charge >= 0.3 is 0 Å². The molecule has 1 aromatic heterocycles. The molecule has 0 radical (unpaired) electrons. The molecule has 2 aliphatic rings. The third-order valence-corrected chi connectivity index (χ3v) is 7.35. The molecule has 3 aromatic rings. The molecule has 212 valence electrons. The molecule has 5 rings (SSSR count). The van der Waals surface area contributed by atoms with Gasteiger partial charge in [0.15, 0.2) is 11.7 Å². The Hall–Kier alpha value is -4.24. The van der Waals surface area contributed by atoms with Crippen molar-refractivity contribution in [3.05, 3.63) is 89.2 Å². The van der Waals surface area contributed by atoms with Crippen LogP contribution in [0.2, 0.25) is 5.02 Å². The highest BCUT2D eigenvalue weighted by molar-refractivity contribution is 6.33. The fourth-order valence-corrected chi connectivity index (χ4v) is 5.27. The van der Waals surface area contributed by atoms with E-state index in [-0.39, 0.29) is 40.5 Å². The predicted octanol–water partition coefficient (Wildman–Crippen LogP) is 4.45. The SMILES string of the molecule is C=C(CN1CC2COCC[C@H](Oc3ncnc(Nc4ccc(C#N)cc4Cl)c3F)C2C1)O/N=C(\N)c1ccccc1.